The molecule has 1 rings (SSSR count). The zero-order valence-electron chi connectivity index (χ0n) is 10.6. The number of hydrogen-bond acceptors (Lipinski definition) is 4. The Kier molecular flexibility index (Phi) is 4.89. The topological polar surface area (TPSA) is 45.2 Å². The Balaban J connectivity index is 2.43. The second kappa shape index (κ2) is 5.75. The van der Waals surface area contributed by atoms with Crippen LogP contribution in [0.25, 0.3) is 0 Å². The first-order chi connectivity index (χ1) is 7.49. The predicted molar refractivity (Wildman–Crippen MR) is 68.6 cm³/mol. The van der Waals surface area contributed by atoms with Gasteiger partial charge in [-0.1, -0.05) is 13.8 Å². The highest BCUT2D eigenvalue weighted by atomic mass is 32.1. The highest BCUT2D eigenvalue weighted by Gasteiger charge is 2.27. The Hall–Kier alpha value is -0.450. The summed E-state index contributed by atoms with van der Waals surface area (Å²) >= 11 is 1.68. The minimum absolute atomic E-state index is 0.0431. The fourth-order valence-electron chi connectivity index (χ4n) is 1.53. The van der Waals surface area contributed by atoms with Crippen LogP contribution in [0.1, 0.15) is 37.8 Å². The van der Waals surface area contributed by atoms with Crippen LogP contribution in [0.4, 0.5) is 0 Å². The minimum Gasteiger partial charge on any atom is -0.393 e. The SMILES string of the molecule is CCC(C)(CNCc1scnc1C)C(C)O. The van der Waals surface area contributed by atoms with Crippen molar-refractivity contribution in [3.05, 3.63) is 16.1 Å². The number of nitrogens with one attached hydrogen (secondary N) is 1. The monoisotopic (exact) mass is 242 g/mol. The van der Waals surface area contributed by atoms with E-state index in [-0.39, 0.29) is 11.5 Å². The molecule has 0 aliphatic carbocycles. The van der Waals surface area contributed by atoms with Crippen molar-refractivity contribution in [2.24, 2.45) is 5.41 Å². The molecular formula is C12H22N2OS. The Morgan fingerprint density at radius 2 is 2.31 bits per heavy atom. The van der Waals surface area contributed by atoms with Crippen LogP contribution in [-0.2, 0) is 6.54 Å². The van der Waals surface area contributed by atoms with E-state index < -0.39 is 0 Å². The van der Waals surface area contributed by atoms with Gasteiger partial charge in [-0.25, -0.2) is 4.98 Å². The van der Waals surface area contributed by atoms with Crippen LogP contribution in [-0.4, -0.2) is 22.7 Å². The smallest absolute Gasteiger partial charge is 0.0798 e. The normalized spacial score (nSPS) is 17.1. The molecule has 0 fully saturated rings. The average Bonchev–Trinajstić information content (AvgIpc) is 2.64. The number of hydrogen-bond donors (Lipinski definition) is 2. The molecule has 1 heterocycles. The molecule has 0 saturated heterocycles. The summed E-state index contributed by atoms with van der Waals surface area (Å²) in [4.78, 5) is 5.50. The average molecular weight is 242 g/mol. The summed E-state index contributed by atoms with van der Waals surface area (Å²) in [5.41, 5.74) is 2.94. The summed E-state index contributed by atoms with van der Waals surface area (Å²) in [7, 11) is 0. The maximum Gasteiger partial charge on any atom is 0.0798 e. The van der Waals surface area contributed by atoms with Crippen LogP contribution < -0.4 is 5.32 Å². The molecular weight excluding hydrogens is 220 g/mol. The van der Waals surface area contributed by atoms with Gasteiger partial charge in [-0.2, -0.15) is 0 Å². The van der Waals surface area contributed by atoms with Crippen LogP contribution in [0, 0.1) is 12.3 Å². The summed E-state index contributed by atoms with van der Waals surface area (Å²) in [6.45, 7) is 9.80. The first kappa shape index (κ1) is 13.6. The molecule has 2 N–H and O–H groups in total. The number of rotatable bonds is 6. The van der Waals surface area contributed by atoms with Crippen LogP contribution in [0.15, 0.2) is 5.51 Å². The molecule has 0 amide bonds. The van der Waals surface area contributed by atoms with Crippen molar-refractivity contribution >= 4 is 11.3 Å². The van der Waals surface area contributed by atoms with Gasteiger partial charge in [-0.05, 0) is 20.3 Å². The molecule has 0 aliphatic rings. The van der Waals surface area contributed by atoms with Gasteiger partial charge in [0.2, 0.25) is 0 Å². The number of nitrogens with zero attached hydrogens (tertiary/aromatic N) is 1. The molecule has 0 bridgehead atoms. The van der Waals surface area contributed by atoms with Gasteiger partial charge in [-0.15, -0.1) is 11.3 Å². The third-order valence-electron chi connectivity index (χ3n) is 3.48. The maximum atomic E-state index is 9.73. The van der Waals surface area contributed by atoms with Crippen molar-refractivity contribution < 1.29 is 5.11 Å². The largest absolute Gasteiger partial charge is 0.393 e. The van der Waals surface area contributed by atoms with Crippen LogP contribution in [0.5, 0.6) is 0 Å². The molecule has 16 heavy (non-hydrogen) atoms. The van der Waals surface area contributed by atoms with Gasteiger partial charge in [0.1, 0.15) is 0 Å². The predicted octanol–water partition coefficient (Wildman–Crippen LogP) is 2.34. The lowest BCUT2D eigenvalue weighted by Crippen LogP contribution is -2.39. The van der Waals surface area contributed by atoms with E-state index in [1.54, 1.807) is 11.3 Å². The van der Waals surface area contributed by atoms with Crippen molar-refractivity contribution in [3.63, 3.8) is 0 Å². The lowest BCUT2D eigenvalue weighted by molar-refractivity contribution is 0.0489. The van der Waals surface area contributed by atoms with Gasteiger partial charge in [0.05, 0.1) is 17.3 Å². The number of aliphatic hydroxyl groups is 1. The third kappa shape index (κ3) is 3.27. The van der Waals surface area contributed by atoms with Crippen LogP contribution in [0.3, 0.4) is 0 Å². The van der Waals surface area contributed by atoms with Gasteiger partial charge in [0, 0.05) is 23.4 Å². The molecule has 2 unspecified atom stereocenters. The number of aliphatic hydroxyl groups excluding tert-OH is 1. The lowest BCUT2D eigenvalue weighted by atomic mass is 9.82. The fraction of sp³-hybridized carbons (Fsp3) is 0.750. The molecule has 1 aromatic heterocycles. The Morgan fingerprint density at radius 3 is 2.75 bits per heavy atom. The second-order valence-corrected chi connectivity index (χ2v) is 5.59. The minimum atomic E-state index is -0.285. The Labute approximate surface area is 102 Å². The van der Waals surface area contributed by atoms with Gasteiger partial charge in [0.15, 0.2) is 0 Å². The van der Waals surface area contributed by atoms with Crippen molar-refractivity contribution in [2.45, 2.75) is 46.8 Å². The molecule has 3 nitrogen and oxygen atoms in total. The van der Waals surface area contributed by atoms with E-state index >= 15 is 0 Å². The van der Waals surface area contributed by atoms with E-state index in [2.05, 4.69) is 24.1 Å². The first-order valence-corrected chi connectivity index (χ1v) is 6.65. The second-order valence-electron chi connectivity index (χ2n) is 4.65. The summed E-state index contributed by atoms with van der Waals surface area (Å²) in [6, 6.07) is 0. The Bertz CT molecular complexity index is 325. The molecule has 1 aromatic rings. The van der Waals surface area contributed by atoms with Crippen molar-refractivity contribution in [1.82, 2.24) is 10.3 Å². The zero-order valence-corrected chi connectivity index (χ0v) is 11.4. The summed E-state index contributed by atoms with van der Waals surface area (Å²) < 4.78 is 0. The van der Waals surface area contributed by atoms with Gasteiger partial charge >= 0.3 is 0 Å². The summed E-state index contributed by atoms with van der Waals surface area (Å²) in [6.07, 6.45) is 0.687. The van der Waals surface area contributed by atoms with E-state index in [9.17, 15) is 5.11 Å². The molecule has 2 atom stereocenters. The standard InChI is InChI=1S/C12H22N2OS/c1-5-12(4,10(3)15)7-13-6-11-9(2)14-8-16-11/h8,10,13,15H,5-7H2,1-4H3. The fourth-order valence-corrected chi connectivity index (χ4v) is 2.27. The number of thiazole rings is 1. The van der Waals surface area contributed by atoms with Gasteiger partial charge in [-0.3, -0.25) is 0 Å². The molecule has 0 spiro atoms. The molecule has 4 heteroatoms. The van der Waals surface area contributed by atoms with Crippen molar-refractivity contribution in [1.29, 1.82) is 0 Å². The highest BCUT2D eigenvalue weighted by Crippen LogP contribution is 2.25. The quantitative estimate of drug-likeness (QED) is 0.805. The van der Waals surface area contributed by atoms with E-state index in [0.717, 1.165) is 25.2 Å². The summed E-state index contributed by atoms with van der Waals surface area (Å²) in [5, 5.41) is 13.1. The number of aromatic nitrogens is 1. The maximum absolute atomic E-state index is 9.73. The van der Waals surface area contributed by atoms with E-state index in [1.165, 1.54) is 4.88 Å². The van der Waals surface area contributed by atoms with E-state index in [4.69, 9.17) is 0 Å². The van der Waals surface area contributed by atoms with Crippen LogP contribution >= 0.6 is 11.3 Å². The van der Waals surface area contributed by atoms with Crippen LogP contribution in [0.2, 0.25) is 0 Å². The van der Waals surface area contributed by atoms with E-state index in [0.29, 0.717) is 0 Å². The molecule has 0 aliphatic heterocycles. The third-order valence-corrected chi connectivity index (χ3v) is 4.41. The van der Waals surface area contributed by atoms with Gasteiger partial charge < -0.3 is 10.4 Å². The molecule has 0 radical (unpaired) electrons. The van der Waals surface area contributed by atoms with Crippen molar-refractivity contribution in [3.8, 4) is 0 Å². The molecule has 0 saturated carbocycles. The van der Waals surface area contributed by atoms with E-state index in [1.807, 2.05) is 19.4 Å². The first-order valence-electron chi connectivity index (χ1n) is 5.77. The summed E-state index contributed by atoms with van der Waals surface area (Å²) in [5.74, 6) is 0. The lowest BCUT2D eigenvalue weighted by Gasteiger charge is -2.31. The Morgan fingerprint density at radius 1 is 1.62 bits per heavy atom. The van der Waals surface area contributed by atoms with Gasteiger partial charge in [0.25, 0.3) is 0 Å². The highest BCUT2D eigenvalue weighted by molar-refractivity contribution is 7.09. The number of aryl methyl sites for hydroxylation is 1. The van der Waals surface area contributed by atoms with Crippen molar-refractivity contribution in [2.75, 3.05) is 6.54 Å². The zero-order chi connectivity index (χ0) is 12.2. The molecule has 92 valence electrons. The molecule has 0 aromatic carbocycles.